The lowest BCUT2D eigenvalue weighted by molar-refractivity contribution is 0.549. The molecule has 1 saturated carbocycles. The van der Waals surface area contributed by atoms with Crippen LogP contribution in [0.15, 0.2) is 16.3 Å². The molecule has 0 aromatic carbocycles. The van der Waals surface area contributed by atoms with E-state index in [1.165, 1.54) is 0 Å². The summed E-state index contributed by atoms with van der Waals surface area (Å²) >= 11 is 1.15. The number of halogens is 1. The summed E-state index contributed by atoms with van der Waals surface area (Å²) in [4.78, 5) is 0.815. The summed E-state index contributed by atoms with van der Waals surface area (Å²) in [6.07, 6.45) is 2.60. The van der Waals surface area contributed by atoms with Crippen molar-refractivity contribution < 1.29 is 16.8 Å². The van der Waals surface area contributed by atoms with Crippen molar-refractivity contribution in [2.45, 2.75) is 36.4 Å². The molecule has 24 heavy (non-hydrogen) atoms. The van der Waals surface area contributed by atoms with Crippen LogP contribution in [0.25, 0.3) is 0 Å². The Bertz CT molecular complexity index is 729. The second-order valence-electron chi connectivity index (χ2n) is 5.62. The normalized spacial score (nSPS) is 16.6. The highest BCUT2D eigenvalue weighted by molar-refractivity contribution is 7.91. The standard InChI is InChI=1S/C13H23N3O4S3.ClH/c1-2-22(17,18)15-8-7-11-5-6-13(21-11)23(19,20)16-9-12(14)10-3-4-10;/h5-6,10,12,15-16H,2-4,7-9,14H2,1H3;1H. The molecule has 0 bridgehead atoms. The summed E-state index contributed by atoms with van der Waals surface area (Å²) in [5.41, 5.74) is 5.90. The Balaban J connectivity index is 0.00000288. The van der Waals surface area contributed by atoms with Crippen LogP contribution >= 0.6 is 23.7 Å². The first-order valence-corrected chi connectivity index (χ1v) is 11.5. The zero-order valence-electron chi connectivity index (χ0n) is 13.4. The summed E-state index contributed by atoms with van der Waals surface area (Å²) < 4.78 is 52.3. The van der Waals surface area contributed by atoms with Crippen LogP contribution in [0.4, 0.5) is 0 Å². The van der Waals surface area contributed by atoms with Crippen molar-refractivity contribution >= 4 is 43.8 Å². The summed E-state index contributed by atoms with van der Waals surface area (Å²) in [6, 6.07) is 3.12. The number of rotatable bonds is 10. The highest BCUT2D eigenvalue weighted by Gasteiger charge is 2.29. The van der Waals surface area contributed by atoms with E-state index in [0.717, 1.165) is 29.1 Å². The topological polar surface area (TPSA) is 118 Å². The van der Waals surface area contributed by atoms with Crippen LogP contribution in [0, 0.1) is 5.92 Å². The monoisotopic (exact) mass is 417 g/mol. The van der Waals surface area contributed by atoms with Gasteiger partial charge in [0.25, 0.3) is 0 Å². The van der Waals surface area contributed by atoms with Crippen LogP contribution in [0.1, 0.15) is 24.6 Å². The van der Waals surface area contributed by atoms with Crippen molar-refractivity contribution in [3.63, 3.8) is 0 Å². The van der Waals surface area contributed by atoms with E-state index >= 15 is 0 Å². The third-order valence-corrected chi connectivity index (χ3v) is 8.18. The third-order valence-electron chi connectivity index (χ3n) is 3.71. The molecule has 1 aliphatic carbocycles. The first-order chi connectivity index (χ1) is 10.7. The first kappa shape index (κ1) is 21.8. The predicted molar refractivity (Wildman–Crippen MR) is 98.6 cm³/mol. The van der Waals surface area contributed by atoms with E-state index in [4.69, 9.17) is 5.73 Å². The summed E-state index contributed by atoms with van der Waals surface area (Å²) in [5, 5.41) is 0. The second-order valence-corrected chi connectivity index (χ2v) is 10.9. The Hall–Kier alpha value is -0.230. The van der Waals surface area contributed by atoms with E-state index in [2.05, 4.69) is 9.44 Å². The lowest BCUT2D eigenvalue weighted by Crippen LogP contribution is -2.38. The van der Waals surface area contributed by atoms with E-state index in [1.54, 1.807) is 19.1 Å². The van der Waals surface area contributed by atoms with Crippen molar-refractivity contribution in [2.24, 2.45) is 11.7 Å². The maximum Gasteiger partial charge on any atom is 0.250 e. The Morgan fingerprint density at radius 3 is 2.50 bits per heavy atom. The van der Waals surface area contributed by atoms with Gasteiger partial charge in [0.1, 0.15) is 4.21 Å². The SMILES string of the molecule is CCS(=O)(=O)NCCc1ccc(S(=O)(=O)NCC(N)C2CC2)s1.Cl. The molecular weight excluding hydrogens is 394 g/mol. The van der Waals surface area contributed by atoms with Gasteiger partial charge in [0, 0.05) is 24.0 Å². The summed E-state index contributed by atoms with van der Waals surface area (Å²) in [7, 11) is -6.77. The Labute approximate surface area is 153 Å². The highest BCUT2D eigenvalue weighted by Crippen LogP contribution is 2.31. The maximum atomic E-state index is 12.2. The molecule has 7 nitrogen and oxygen atoms in total. The van der Waals surface area contributed by atoms with Crippen LogP contribution in [0.2, 0.25) is 0 Å². The fourth-order valence-electron chi connectivity index (χ4n) is 2.04. The minimum absolute atomic E-state index is 0. The predicted octanol–water partition coefficient (Wildman–Crippen LogP) is 0.667. The van der Waals surface area contributed by atoms with Gasteiger partial charge in [-0.1, -0.05) is 0 Å². The van der Waals surface area contributed by atoms with Crippen LogP contribution in [0.5, 0.6) is 0 Å². The molecule has 1 aromatic rings. The van der Waals surface area contributed by atoms with Gasteiger partial charge in [-0.05, 0) is 44.2 Å². The van der Waals surface area contributed by atoms with Crippen LogP contribution in [0.3, 0.4) is 0 Å². The van der Waals surface area contributed by atoms with Gasteiger partial charge < -0.3 is 5.73 Å². The number of nitrogens with one attached hydrogen (secondary N) is 2. The Morgan fingerprint density at radius 1 is 1.25 bits per heavy atom. The van der Waals surface area contributed by atoms with Gasteiger partial charge in [0.05, 0.1) is 5.75 Å². The lowest BCUT2D eigenvalue weighted by Gasteiger charge is -2.11. The van der Waals surface area contributed by atoms with Gasteiger partial charge in [0.15, 0.2) is 0 Å². The molecule has 0 aliphatic heterocycles. The Morgan fingerprint density at radius 2 is 1.92 bits per heavy atom. The molecule has 1 aromatic heterocycles. The minimum atomic E-state index is -3.55. The maximum absolute atomic E-state index is 12.2. The van der Waals surface area contributed by atoms with E-state index in [1.807, 2.05) is 0 Å². The molecule has 140 valence electrons. The summed E-state index contributed by atoms with van der Waals surface area (Å²) in [6.45, 7) is 2.07. The smallest absolute Gasteiger partial charge is 0.250 e. The number of thiophene rings is 1. The van der Waals surface area contributed by atoms with Crippen molar-refractivity contribution in [1.82, 2.24) is 9.44 Å². The molecule has 11 heteroatoms. The minimum Gasteiger partial charge on any atom is -0.326 e. The third kappa shape index (κ3) is 6.58. The molecule has 0 amide bonds. The number of nitrogens with two attached hydrogens (primary N) is 1. The fourth-order valence-corrected chi connectivity index (χ4v) is 5.13. The Kier molecular flexibility index (Phi) is 8.11. The molecule has 1 unspecified atom stereocenters. The molecule has 0 saturated heterocycles. The molecule has 1 heterocycles. The number of hydrogen-bond donors (Lipinski definition) is 3. The van der Waals surface area contributed by atoms with Crippen LogP contribution in [-0.4, -0.2) is 41.7 Å². The molecule has 1 atom stereocenters. The molecule has 2 rings (SSSR count). The van der Waals surface area contributed by atoms with Crippen LogP contribution < -0.4 is 15.2 Å². The van der Waals surface area contributed by atoms with Gasteiger partial charge in [-0.3, -0.25) is 0 Å². The van der Waals surface area contributed by atoms with E-state index in [-0.39, 0.29) is 41.5 Å². The van der Waals surface area contributed by atoms with Crippen molar-refractivity contribution in [1.29, 1.82) is 0 Å². The van der Waals surface area contributed by atoms with Gasteiger partial charge in [-0.15, -0.1) is 23.7 Å². The first-order valence-electron chi connectivity index (χ1n) is 7.55. The largest absolute Gasteiger partial charge is 0.326 e. The molecule has 0 radical (unpaired) electrons. The average Bonchev–Trinajstić information content (AvgIpc) is 3.24. The summed E-state index contributed by atoms with van der Waals surface area (Å²) in [5.74, 6) is 0.464. The van der Waals surface area contributed by atoms with Gasteiger partial charge >= 0.3 is 0 Å². The quantitative estimate of drug-likeness (QED) is 0.517. The van der Waals surface area contributed by atoms with Crippen LogP contribution in [-0.2, 0) is 26.5 Å². The highest BCUT2D eigenvalue weighted by atomic mass is 35.5. The number of sulfonamides is 2. The van der Waals surface area contributed by atoms with E-state index in [0.29, 0.717) is 12.3 Å². The van der Waals surface area contributed by atoms with Crippen molar-refractivity contribution in [2.75, 3.05) is 18.8 Å². The zero-order valence-corrected chi connectivity index (χ0v) is 16.7. The fraction of sp³-hybridized carbons (Fsp3) is 0.692. The molecular formula is C13H24ClN3O4S3. The van der Waals surface area contributed by atoms with Gasteiger partial charge in [0.2, 0.25) is 20.0 Å². The molecule has 1 aliphatic rings. The van der Waals surface area contributed by atoms with Gasteiger partial charge in [-0.2, -0.15) is 0 Å². The molecule has 4 N–H and O–H groups in total. The van der Waals surface area contributed by atoms with Gasteiger partial charge in [-0.25, -0.2) is 26.3 Å². The van der Waals surface area contributed by atoms with Crippen molar-refractivity contribution in [3.05, 3.63) is 17.0 Å². The molecule has 1 fully saturated rings. The second kappa shape index (κ2) is 8.93. The average molecular weight is 418 g/mol. The lowest BCUT2D eigenvalue weighted by atomic mass is 10.2. The van der Waals surface area contributed by atoms with Crippen molar-refractivity contribution in [3.8, 4) is 0 Å². The molecule has 0 spiro atoms. The van der Waals surface area contributed by atoms with E-state index in [9.17, 15) is 16.8 Å². The zero-order chi connectivity index (χ0) is 17.1. The number of hydrogen-bond acceptors (Lipinski definition) is 6. The van der Waals surface area contributed by atoms with E-state index < -0.39 is 20.0 Å².